The van der Waals surface area contributed by atoms with E-state index in [9.17, 15) is 9.90 Å². The monoisotopic (exact) mass is 300 g/mol. The van der Waals surface area contributed by atoms with E-state index in [1.54, 1.807) is 6.92 Å². The standard InChI is InChI=1S/C16H32N2O3/c1-13(15(2,3)4)10-14(19)17-11-16(5,20)12-18-6-8-21-9-7-18/h13,20H,6-12H2,1-5H3,(H,17,19). The summed E-state index contributed by atoms with van der Waals surface area (Å²) in [7, 11) is 0. The molecule has 0 saturated carbocycles. The lowest BCUT2D eigenvalue weighted by Gasteiger charge is -2.34. The van der Waals surface area contributed by atoms with Gasteiger partial charge in [-0.1, -0.05) is 27.7 Å². The molecule has 5 heteroatoms. The topological polar surface area (TPSA) is 61.8 Å². The Morgan fingerprint density at radius 3 is 2.38 bits per heavy atom. The Kier molecular flexibility index (Phi) is 6.63. The number of carbonyl (C=O) groups is 1. The van der Waals surface area contributed by atoms with E-state index in [1.165, 1.54) is 0 Å². The second-order valence-electron chi connectivity index (χ2n) is 7.63. The van der Waals surface area contributed by atoms with E-state index in [0.29, 0.717) is 38.6 Å². The van der Waals surface area contributed by atoms with Crippen molar-refractivity contribution >= 4 is 5.91 Å². The van der Waals surface area contributed by atoms with Crippen LogP contribution >= 0.6 is 0 Å². The summed E-state index contributed by atoms with van der Waals surface area (Å²) in [5.74, 6) is 0.321. The third-order valence-electron chi connectivity index (χ3n) is 4.30. The van der Waals surface area contributed by atoms with E-state index in [4.69, 9.17) is 4.74 Å². The second kappa shape index (κ2) is 7.56. The van der Waals surface area contributed by atoms with Gasteiger partial charge >= 0.3 is 0 Å². The van der Waals surface area contributed by atoms with Crippen LogP contribution in [0.4, 0.5) is 0 Å². The van der Waals surface area contributed by atoms with E-state index in [2.05, 4.69) is 37.9 Å². The summed E-state index contributed by atoms with van der Waals surface area (Å²) in [5.41, 5.74) is -0.786. The van der Waals surface area contributed by atoms with Gasteiger partial charge in [-0.05, 0) is 18.3 Å². The lowest BCUT2D eigenvalue weighted by molar-refractivity contribution is -0.124. The molecular weight excluding hydrogens is 268 g/mol. The summed E-state index contributed by atoms with van der Waals surface area (Å²) < 4.78 is 5.29. The predicted octanol–water partition coefficient (Wildman–Crippen LogP) is 1.26. The van der Waals surface area contributed by atoms with Crippen LogP contribution in [0.3, 0.4) is 0 Å². The highest BCUT2D eigenvalue weighted by Gasteiger charge is 2.27. The smallest absolute Gasteiger partial charge is 0.220 e. The molecule has 0 aromatic rings. The van der Waals surface area contributed by atoms with E-state index >= 15 is 0 Å². The van der Waals surface area contributed by atoms with Gasteiger partial charge < -0.3 is 15.2 Å². The van der Waals surface area contributed by atoms with Crippen molar-refractivity contribution in [1.29, 1.82) is 0 Å². The van der Waals surface area contributed by atoms with Gasteiger partial charge in [-0.2, -0.15) is 0 Å². The van der Waals surface area contributed by atoms with Gasteiger partial charge in [0.15, 0.2) is 0 Å². The molecule has 1 saturated heterocycles. The van der Waals surface area contributed by atoms with Crippen molar-refractivity contribution in [2.24, 2.45) is 11.3 Å². The number of ether oxygens (including phenoxy) is 1. The van der Waals surface area contributed by atoms with Gasteiger partial charge in [0.05, 0.1) is 18.8 Å². The summed E-state index contributed by atoms with van der Waals surface area (Å²) in [5, 5.41) is 13.3. The molecule has 0 bridgehead atoms. The number of amides is 1. The highest BCUT2D eigenvalue weighted by atomic mass is 16.5. The minimum absolute atomic E-state index is 0.0136. The Morgan fingerprint density at radius 1 is 1.29 bits per heavy atom. The number of β-amino-alcohol motifs (C(OH)–C–C–N with tert-alkyl or cyclic N) is 1. The van der Waals surface area contributed by atoms with Gasteiger partial charge in [-0.25, -0.2) is 0 Å². The summed E-state index contributed by atoms with van der Waals surface area (Å²) in [6.45, 7) is 14.2. The van der Waals surface area contributed by atoms with Crippen molar-refractivity contribution in [3.05, 3.63) is 0 Å². The molecule has 0 aromatic carbocycles. The van der Waals surface area contributed by atoms with Gasteiger partial charge in [0.2, 0.25) is 5.91 Å². The predicted molar refractivity (Wildman–Crippen MR) is 84.1 cm³/mol. The molecule has 5 nitrogen and oxygen atoms in total. The first kappa shape index (κ1) is 18.4. The number of nitrogens with zero attached hydrogens (tertiary/aromatic N) is 1. The van der Waals surface area contributed by atoms with E-state index in [-0.39, 0.29) is 11.3 Å². The zero-order chi connectivity index (χ0) is 16.1. The zero-order valence-electron chi connectivity index (χ0n) is 14.2. The van der Waals surface area contributed by atoms with Crippen LogP contribution in [-0.2, 0) is 9.53 Å². The van der Waals surface area contributed by atoms with E-state index in [1.807, 2.05) is 0 Å². The quantitative estimate of drug-likeness (QED) is 0.775. The Labute approximate surface area is 129 Å². The Morgan fingerprint density at radius 2 is 1.86 bits per heavy atom. The third-order valence-corrected chi connectivity index (χ3v) is 4.30. The fourth-order valence-electron chi connectivity index (χ4n) is 2.24. The van der Waals surface area contributed by atoms with Gasteiger partial charge in [0.1, 0.15) is 0 Å². The van der Waals surface area contributed by atoms with E-state index < -0.39 is 5.60 Å². The molecule has 124 valence electrons. The zero-order valence-corrected chi connectivity index (χ0v) is 14.2. The minimum Gasteiger partial charge on any atom is -0.387 e. The molecule has 21 heavy (non-hydrogen) atoms. The molecule has 2 unspecified atom stereocenters. The summed E-state index contributed by atoms with van der Waals surface area (Å²) in [4.78, 5) is 14.2. The fraction of sp³-hybridized carbons (Fsp3) is 0.938. The second-order valence-corrected chi connectivity index (χ2v) is 7.63. The molecule has 1 rings (SSSR count). The maximum Gasteiger partial charge on any atom is 0.220 e. The lowest BCUT2D eigenvalue weighted by Crippen LogP contribution is -2.51. The van der Waals surface area contributed by atoms with Crippen molar-refractivity contribution in [3.63, 3.8) is 0 Å². The molecule has 0 spiro atoms. The molecule has 1 aliphatic rings. The number of hydrogen-bond acceptors (Lipinski definition) is 4. The number of aliphatic hydroxyl groups is 1. The first-order valence-electron chi connectivity index (χ1n) is 7.89. The molecule has 0 aromatic heterocycles. The molecule has 1 amide bonds. The SMILES string of the molecule is CC(CC(=O)NCC(C)(O)CN1CCOCC1)C(C)(C)C. The fourth-order valence-corrected chi connectivity index (χ4v) is 2.24. The van der Waals surface area contributed by atoms with Gasteiger partial charge in [0.25, 0.3) is 0 Å². The first-order valence-corrected chi connectivity index (χ1v) is 7.89. The van der Waals surface area contributed by atoms with Gasteiger partial charge in [-0.15, -0.1) is 0 Å². The Hall–Kier alpha value is -0.650. The summed E-state index contributed by atoms with van der Waals surface area (Å²) in [6, 6.07) is 0. The lowest BCUT2D eigenvalue weighted by atomic mass is 9.80. The van der Waals surface area contributed by atoms with Gasteiger partial charge in [0, 0.05) is 32.6 Å². The number of rotatable bonds is 6. The largest absolute Gasteiger partial charge is 0.387 e. The molecular formula is C16H32N2O3. The third kappa shape index (κ3) is 7.25. The molecule has 2 N–H and O–H groups in total. The van der Waals surface area contributed by atoms with Crippen LogP contribution in [0.25, 0.3) is 0 Å². The van der Waals surface area contributed by atoms with Crippen molar-refractivity contribution in [3.8, 4) is 0 Å². The highest BCUT2D eigenvalue weighted by molar-refractivity contribution is 5.76. The molecule has 0 radical (unpaired) electrons. The van der Waals surface area contributed by atoms with Crippen LogP contribution in [0, 0.1) is 11.3 Å². The number of hydrogen-bond donors (Lipinski definition) is 2. The first-order chi connectivity index (χ1) is 9.60. The van der Waals surface area contributed by atoms with Crippen LogP contribution in [0.5, 0.6) is 0 Å². The maximum atomic E-state index is 12.0. The Bertz CT molecular complexity index is 331. The maximum absolute atomic E-state index is 12.0. The van der Waals surface area contributed by atoms with Crippen molar-refractivity contribution in [2.45, 2.75) is 46.6 Å². The van der Waals surface area contributed by atoms with Crippen molar-refractivity contribution in [1.82, 2.24) is 10.2 Å². The van der Waals surface area contributed by atoms with E-state index in [0.717, 1.165) is 13.1 Å². The number of morpholine rings is 1. The van der Waals surface area contributed by atoms with Gasteiger partial charge in [-0.3, -0.25) is 9.69 Å². The summed E-state index contributed by atoms with van der Waals surface area (Å²) in [6.07, 6.45) is 0.497. The molecule has 2 atom stereocenters. The number of carbonyl (C=O) groups excluding carboxylic acids is 1. The minimum atomic E-state index is -0.905. The molecule has 1 aliphatic heterocycles. The highest BCUT2D eigenvalue weighted by Crippen LogP contribution is 2.27. The van der Waals surface area contributed by atoms with Crippen LogP contribution in [-0.4, -0.2) is 60.9 Å². The van der Waals surface area contributed by atoms with Crippen LogP contribution in [0.1, 0.15) is 41.0 Å². The normalized spacial score (nSPS) is 21.6. The molecule has 1 fully saturated rings. The molecule has 0 aliphatic carbocycles. The average Bonchev–Trinajstić information content (AvgIpc) is 2.36. The van der Waals surface area contributed by atoms with Crippen LogP contribution in [0.15, 0.2) is 0 Å². The van der Waals surface area contributed by atoms with Crippen LogP contribution < -0.4 is 5.32 Å². The molecule has 1 heterocycles. The number of nitrogens with one attached hydrogen (secondary N) is 1. The summed E-state index contributed by atoms with van der Waals surface area (Å²) >= 11 is 0. The Balaban J connectivity index is 2.33. The van der Waals surface area contributed by atoms with Crippen LogP contribution in [0.2, 0.25) is 0 Å². The van der Waals surface area contributed by atoms with Crippen molar-refractivity contribution < 1.29 is 14.6 Å². The average molecular weight is 300 g/mol. The van der Waals surface area contributed by atoms with Crippen molar-refractivity contribution in [2.75, 3.05) is 39.4 Å².